The van der Waals surface area contributed by atoms with Crippen molar-refractivity contribution in [2.45, 2.75) is 45.6 Å². The number of carbonyl (C=O) groups excluding carboxylic acids is 1. The quantitative estimate of drug-likeness (QED) is 0.780. The second-order valence-electron chi connectivity index (χ2n) is 5.64. The minimum atomic E-state index is -1.01. The average molecular weight is 290 g/mol. The van der Waals surface area contributed by atoms with Crippen molar-refractivity contribution in [1.82, 2.24) is 5.32 Å². The minimum Gasteiger partial charge on any atom is -0.480 e. The standard InChI is InChI=1S/C16H22N2O3/c1-3-10(2)14(15(19)20)18-16(21)17-13-8-7-11-5-4-6-12(11)9-13/h7-10,14H,3-6H2,1-2H3,(H,19,20)(H2,17,18,21). The lowest BCUT2D eigenvalue weighted by Gasteiger charge is -2.20. The first-order valence-electron chi connectivity index (χ1n) is 7.43. The summed E-state index contributed by atoms with van der Waals surface area (Å²) >= 11 is 0. The van der Waals surface area contributed by atoms with E-state index in [1.165, 1.54) is 11.1 Å². The molecule has 1 aliphatic rings. The molecule has 0 aromatic heterocycles. The SMILES string of the molecule is CCC(C)C(NC(=O)Nc1ccc2c(c1)CCC2)C(=O)O. The van der Waals surface area contributed by atoms with Gasteiger partial charge in [-0.2, -0.15) is 0 Å². The lowest BCUT2D eigenvalue weighted by Crippen LogP contribution is -2.46. The molecule has 0 heterocycles. The van der Waals surface area contributed by atoms with Crippen molar-refractivity contribution in [3.8, 4) is 0 Å². The third-order valence-electron chi connectivity index (χ3n) is 4.12. The Labute approximate surface area is 124 Å². The van der Waals surface area contributed by atoms with Crippen molar-refractivity contribution in [2.75, 3.05) is 5.32 Å². The highest BCUT2D eigenvalue weighted by atomic mass is 16.4. The summed E-state index contributed by atoms with van der Waals surface area (Å²) in [6, 6.07) is 4.52. The van der Waals surface area contributed by atoms with Gasteiger partial charge in [-0.05, 0) is 48.4 Å². The smallest absolute Gasteiger partial charge is 0.326 e. The molecule has 1 aliphatic carbocycles. The number of hydrogen-bond acceptors (Lipinski definition) is 2. The zero-order chi connectivity index (χ0) is 15.4. The Hall–Kier alpha value is -2.04. The first kappa shape index (κ1) is 15.4. The Kier molecular flexibility index (Phi) is 4.83. The van der Waals surface area contributed by atoms with Crippen LogP contribution >= 0.6 is 0 Å². The Balaban J connectivity index is 1.99. The number of anilines is 1. The zero-order valence-electron chi connectivity index (χ0n) is 12.5. The number of fused-ring (bicyclic) bond motifs is 1. The number of carboxylic acids is 1. The van der Waals surface area contributed by atoms with Gasteiger partial charge >= 0.3 is 12.0 Å². The van der Waals surface area contributed by atoms with Crippen LogP contribution in [0, 0.1) is 5.92 Å². The monoisotopic (exact) mass is 290 g/mol. The summed E-state index contributed by atoms with van der Waals surface area (Å²) in [6.07, 6.45) is 3.98. The summed E-state index contributed by atoms with van der Waals surface area (Å²) in [5.41, 5.74) is 3.31. The minimum absolute atomic E-state index is 0.117. The zero-order valence-corrected chi connectivity index (χ0v) is 12.5. The summed E-state index contributed by atoms with van der Waals surface area (Å²) in [5.74, 6) is -1.12. The second kappa shape index (κ2) is 6.61. The van der Waals surface area contributed by atoms with Gasteiger partial charge in [0.15, 0.2) is 0 Å². The molecule has 2 amide bonds. The number of aryl methyl sites for hydroxylation is 2. The molecule has 0 saturated carbocycles. The molecule has 5 nitrogen and oxygen atoms in total. The number of amides is 2. The van der Waals surface area contributed by atoms with E-state index in [0.29, 0.717) is 12.1 Å². The summed E-state index contributed by atoms with van der Waals surface area (Å²) in [6.45, 7) is 3.72. The van der Waals surface area contributed by atoms with Crippen molar-refractivity contribution in [3.63, 3.8) is 0 Å². The first-order chi connectivity index (χ1) is 10.0. The number of carboxylic acid groups (broad SMARTS) is 1. The van der Waals surface area contributed by atoms with Gasteiger partial charge in [-0.15, -0.1) is 0 Å². The van der Waals surface area contributed by atoms with Crippen molar-refractivity contribution >= 4 is 17.7 Å². The summed E-state index contributed by atoms with van der Waals surface area (Å²) in [5, 5.41) is 14.4. The fraction of sp³-hybridized carbons (Fsp3) is 0.500. The van der Waals surface area contributed by atoms with Crippen molar-refractivity contribution in [2.24, 2.45) is 5.92 Å². The van der Waals surface area contributed by atoms with Gasteiger partial charge < -0.3 is 15.7 Å². The number of aliphatic carboxylic acids is 1. The number of urea groups is 1. The molecular weight excluding hydrogens is 268 g/mol. The van der Waals surface area contributed by atoms with Crippen LogP contribution in [0.2, 0.25) is 0 Å². The largest absolute Gasteiger partial charge is 0.480 e. The van der Waals surface area contributed by atoms with E-state index in [9.17, 15) is 14.7 Å². The van der Waals surface area contributed by atoms with Crippen molar-refractivity contribution < 1.29 is 14.7 Å². The third kappa shape index (κ3) is 3.74. The lowest BCUT2D eigenvalue weighted by molar-refractivity contribution is -0.140. The fourth-order valence-corrected chi connectivity index (χ4v) is 2.64. The van der Waals surface area contributed by atoms with Gasteiger partial charge in [0, 0.05) is 5.69 Å². The maximum Gasteiger partial charge on any atom is 0.326 e. The van der Waals surface area contributed by atoms with E-state index in [0.717, 1.165) is 19.3 Å². The molecule has 114 valence electrons. The normalized spacial score (nSPS) is 15.9. The molecule has 0 aliphatic heterocycles. The number of carbonyl (C=O) groups is 2. The number of hydrogen-bond donors (Lipinski definition) is 3. The molecule has 5 heteroatoms. The van der Waals surface area contributed by atoms with Crippen LogP contribution in [0.4, 0.5) is 10.5 Å². The number of rotatable bonds is 5. The highest BCUT2D eigenvalue weighted by molar-refractivity contribution is 5.92. The van der Waals surface area contributed by atoms with Crippen LogP contribution in [-0.2, 0) is 17.6 Å². The van der Waals surface area contributed by atoms with Gasteiger partial charge in [0.05, 0.1) is 0 Å². The molecule has 3 N–H and O–H groups in total. The molecule has 0 bridgehead atoms. The number of nitrogens with one attached hydrogen (secondary N) is 2. The van der Waals surface area contributed by atoms with Crippen molar-refractivity contribution in [3.05, 3.63) is 29.3 Å². The van der Waals surface area contributed by atoms with Gasteiger partial charge in [-0.1, -0.05) is 26.3 Å². The van der Waals surface area contributed by atoms with Crippen LogP contribution in [0.5, 0.6) is 0 Å². The molecule has 0 fully saturated rings. The predicted molar refractivity (Wildman–Crippen MR) is 81.5 cm³/mol. The van der Waals surface area contributed by atoms with Crippen LogP contribution in [-0.4, -0.2) is 23.1 Å². The fourth-order valence-electron chi connectivity index (χ4n) is 2.64. The maximum atomic E-state index is 12.0. The van der Waals surface area contributed by atoms with Gasteiger partial charge in [0.2, 0.25) is 0 Å². The average Bonchev–Trinajstić information content (AvgIpc) is 2.91. The first-order valence-corrected chi connectivity index (χ1v) is 7.43. The van der Waals surface area contributed by atoms with E-state index in [-0.39, 0.29) is 5.92 Å². The van der Waals surface area contributed by atoms with Crippen LogP contribution in [0.15, 0.2) is 18.2 Å². The van der Waals surface area contributed by atoms with E-state index >= 15 is 0 Å². The maximum absolute atomic E-state index is 12.0. The lowest BCUT2D eigenvalue weighted by atomic mass is 9.99. The van der Waals surface area contributed by atoms with Crippen LogP contribution < -0.4 is 10.6 Å². The molecule has 21 heavy (non-hydrogen) atoms. The van der Waals surface area contributed by atoms with Gasteiger partial charge in [0.25, 0.3) is 0 Å². The molecule has 1 aromatic rings. The summed E-state index contributed by atoms with van der Waals surface area (Å²) in [4.78, 5) is 23.2. The molecule has 0 spiro atoms. The third-order valence-corrected chi connectivity index (χ3v) is 4.12. The Morgan fingerprint density at radius 3 is 2.67 bits per heavy atom. The van der Waals surface area contributed by atoms with E-state index < -0.39 is 18.0 Å². The van der Waals surface area contributed by atoms with Gasteiger partial charge in [-0.3, -0.25) is 0 Å². The summed E-state index contributed by atoms with van der Waals surface area (Å²) < 4.78 is 0. The topological polar surface area (TPSA) is 78.4 Å². The molecule has 2 unspecified atom stereocenters. The van der Waals surface area contributed by atoms with E-state index in [4.69, 9.17) is 0 Å². The van der Waals surface area contributed by atoms with Crippen molar-refractivity contribution in [1.29, 1.82) is 0 Å². The van der Waals surface area contributed by atoms with Gasteiger partial charge in [-0.25, -0.2) is 9.59 Å². The Morgan fingerprint density at radius 2 is 2.00 bits per heavy atom. The molecule has 0 radical (unpaired) electrons. The molecule has 0 saturated heterocycles. The van der Waals surface area contributed by atoms with E-state index in [2.05, 4.69) is 10.6 Å². The highest BCUT2D eigenvalue weighted by Gasteiger charge is 2.25. The number of benzene rings is 1. The molecule has 2 rings (SSSR count). The Morgan fingerprint density at radius 1 is 1.29 bits per heavy atom. The van der Waals surface area contributed by atoms with Crippen LogP contribution in [0.3, 0.4) is 0 Å². The van der Waals surface area contributed by atoms with Crippen LogP contribution in [0.25, 0.3) is 0 Å². The summed E-state index contributed by atoms with van der Waals surface area (Å²) in [7, 11) is 0. The van der Waals surface area contributed by atoms with E-state index in [1.807, 2.05) is 32.0 Å². The predicted octanol–water partition coefficient (Wildman–Crippen LogP) is 2.80. The van der Waals surface area contributed by atoms with E-state index in [1.54, 1.807) is 0 Å². The van der Waals surface area contributed by atoms with Crippen LogP contribution in [0.1, 0.15) is 37.8 Å². The molecule has 2 atom stereocenters. The highest BCUT2D eigenvalue weighted by Crippen LogP contribution is 2.24. The Bertz CT molecular complexity index is 542. The second-order valence-corrected chi connectivity index (χ2v) is 5.64. The molecule has 1 aromatic carbocycles. The van der Waals surface area contributed by atoms with Gasteiger partial charge in [0.1, 0.15) is 6.04 Å². The molecular formula is C16H22N2O3.